The summed E-state index contributed by atoms with van der Waals surface area (Å²) in [6, 6.07) is 16.9. The molecule has 1 aliphatic heterocycles. The van der Waals surface area contributed by atoms with Crippen LogP contribution in [0.15, 0.2) is 59.9 Å². The topological polar surface area (TPSA) is 109 Å². The second-order valence-electron chi connectivity index (χ2n) is 8.60. The number of nitriles is 1. The highest BCUT2D eigenvalue weighted by molar-refractivity contribution is 6.03. The standard InChI is InChI=1S/C26H30N6O3/c1-30(2)17-25(35)29-19-9-7-8-18(14-19)16-28-24(34)13-12-23(33)20(15-27)26-31(3)21-10-5-6-11-22(21)32(26)4/h5-11,14H,12-13,16-17H2,1-4H3,(H,28,34)(H,29,35). The van der Waals surface area contributed by atoms with Crippen LogP contribution in [0.4, 0.5) is 17.1 Å². The predicted octanol–water partition coefficient (Wildman–Crippen LogP) is 2.47. The molecule has 0 radical (unpaired) electrons. The molecule has 2 aromatic carbocycles. The Morgan fingerprint density at radius 3 is 2.20 bits per heavy atom. The lowest BCUT2D eigenvalue weighted by molar-refractivity contribution is -0.124. The van der Waals surface area contributed by atoms with Crippen molar-refractivity contribution in [3.63, 3.8) is 0 Å². The first-order valence-corrected chi connectivity index (χ1v) is 11.3. The quantitative estimate of drug-likeness (QED) is 0.425. The molecule has 35 heavy (non-hydrogen) atoms. The number of para-hydroxylation sites is 2. The number of amides is 2. The van der Waals surface area contributed by atoms with Gasteiger partial charge in [0.1, 0.15) is 17.5 Å². The zero-order valence-corrected chi connectivity index (χ0v) is 20.5. The third-order valence-corrected chi connectivity index (χ3v) is 5.59. The van der Waals surface area contributed by atoms with Crippen LogP contribution in [0.1, 0.15) is 18.4 Å². The van der Waals surface area contributed by atoms with Crippen LogP contribution in [0.5, 0.6) is 0 Å². The average molecular weight is 475 g/mol. The number of likely N-dealkylation sites (N-methyl/N-ethyl adjacent to an activating group) is 1. The van der Waals surface area contributed by atoms with Gasteiger partial charge >= 0.3 is 0 Å². The number of ketones is 1. The van der Waals surface area contributed by atoms with Gasteiger partial charge in [0.25, 0.3) is 0 Å². The van der Waals surface area contributed by atoms with Crippen molar-refractivity contribution in [1.29, 1.82) is 5.26 Å². The number of nitrogens with zero attached hydrogens (tertiary/aromatic N) is 4. The van der Waals surface area contributed by atoms with Crippen LogP contribution in [-0.2, 0) is 20.9 Å². The highest BCUT2D eigenvalue weighted by Crippen LogP contribution is 2.40. The molecule has 0 saturated heterocycles. The molecule has 0 fully saturated rings. The Labute approximate surface area is 205 Å². The minimum atomic E-state index is -0.380. The SMILES string of the molecule is CN(C)CC(=O)Nc1cccc(CNC(=O)CCC(=O)C(C#N)=C2N(C)c3ccccc3N2C)c1. The number of hydrogen-bond donors (Lipinski definition) is 2. The first-order valence-electron chi connectivity index (χ1n) is 11.3. The van der Waals surface area contributed by atoms with E-state index >= 15 is 0 Å². The average Bonchev–Trinajstić information content (AvgIpc) is 3.07. The summed E-state index contributed by atoms with van der Waals surface area (Å²) in [6.07, 6.45) is -0.103. The summed E-state index contributed by atoms with van der Waals surface area (Å²) in [6.45, 7) is 0.533. The Balaban J connectivity index is 1.56. The van der Waals surface area contributed by atoms with Crippen molar-refractivity contribution in [2.75, 3.05) is 49.9 Å². The van der Waals surface area contributed by atoms with Gasteiger partial charge < -0.3 is 25.3 Å². The molecule has 0 bridgehead atoms. The van der Waals surface area contributed by atoms with Crippen molar-refractivity contribution >= 4 is 34.7 Å². The summed E-state index contributed by atoms with van der Waals surface area (Å²) >= 11 is 0. The summed E-state index contributed by atoms with van der Waals surface area (Å²) in [7, 11) is 7.25. The molecule has 1 aliphatic rings. The zero-order chi connectivity index (χ0) is 25.5. The minimum Gasteiger partial charge on any atom is -0.352 e. The number of fused-ring (bicyclic) bond motifs is 1. The van der Waals surface area contributed by atoms with Gasteiger partial charge in [-0.25, -0.2) is 0 Å². The lowest BCUT2D eigenvalue weighted by Crippen LogP contribution is -2.27. The summed E-state index contributed by atoms with van der Waals surface area (Å²) in [5.41, 5.74) is 3.31. The fourth-order valence-corrected chi connectivity index (χ4v) is 3.94. The molecule has 0 aromatic heterocycles. The second kappa shape index (κ2) is 11.3. The molecule has 3 rings (SSSR count). The molecular formula is C26H30N6O3. The molecule has 182 valence electrons. The van der Waals surface area contributed by atoms with E-state index in [-0.39, 0.29) is 49.1 Å². The largest absolute Gasteiger partial charge is 0.352 e. The van der Waals surface area contributed by atoms with E-state index in [1.54, 1.807) is 23.1 Å². The Morgan fingerprint density at radius 1 is 0.943 bits per heavy atom. The fraction of sp³-hybridized carbons (Fsp3) is 0.308. The maximum absolute atomic E-state index is 12.8. The van der Waals surface area contributed by atoms with E-state index in [4.69, 9.17) is 0 Å². The van der Waals surface area contributed by atoms with Crippen molar-refractivity contribution in [2.24, 2.45) is 0 Å². The number of allylic oxidation sites excluding steroid dienone is 1. The molecular weight excluding hydrogens is 444 g/mol. The Morgan fingerprint density at radius 2 is 1.60 bits per heavy atom. The normalized spacial score (nSPS) is 12.3. The summed E-state index contributed by atoms with van der Waals surface area (Å²) in [4.78, 5) is 42.6. The summed E-state index contributed by atoms with van der Waals surface area (Å²) < 4.78 is 0. The van der Waals surface area contributed by atoms with Gasteiger partial charge in [0.2, 0.25) is 11.8 Å². The Hall–Kier alpha value is -4.16. The molecule has 2 amide bonds. The van der Waals surface area contributed by atoms with Crippen LogP contribution in [0.25, 0.3) is 0 Å². The smallest absolute Gasteiger partial charge is 0.238 e. The van der Waals surface area contributed by atoms with Crippen molar-refractivity contribution in [2.45, 2.75) is 19.4 Å². The van der Waals surface area contributed by atoms with Gasteiger partial charge in [-0.15, -0.1) is 0 Å². The van der Waals surface area contributed by atoms with E-state index < -0.39 is 0 Å². The van der Waals surface area contributed by atoms with Crippen molar-refractivity contribution in [1.82, 2.24) is 10.2 Å². The molecule has 9 nitrogen and oxygen atoms in total. The molecule has 0 spiro atoms. The van der Waals surface area contributed by atoms with Crippen LogP contribution in [-0.4, -0.2) is 57.2 Å². The van der Waals surface area contributed by atoms with Crippen LogP contribution in [0.3, 0.4) is 0 Å². The minimum absolute atomic E-state index is 0.0279. The molecule has 0 atom stereocenters. The number of benzene rings is 2. The molecule has 0 aliphatic carbocycles. The van der Waals surface area contributed by atoms with E-state index in [0.717, 1.165) is 16.9 Å². The van der Waals surface area contributed by atoms with E-state index in [1.165, 1.54) is 0 Å². The van der Waals surface area contributed by atoms with Crippen LogP contribution in [0, 0.1) is 11.3 Å². The molecule has 9 heteroatoms. The molecule has 1 heterocycles. The van der Waals surface area contributed by atoms with Gasteiger partial charge in [-0.05, 0) is 43.9 Å². The maximum atomic E-state index is 12.8. The summed E-state index contributed by atoms with van der Waals surface area (Å²) in [5.74, 6) is -0.292. The van der Waals surface area contributed by atoms with Gasteiger partial charge in [-0.3, -0.25) is 14.4 Å². The van der Waals surface area contributed by atoms with E-state index in [2.05, 4.69) is 10.6 Å². The third kappa shape index (κ3) is 6.25. The monoisotopic (exact) mass is 474 g/mol. The molecule has 0 saturated carbocycles. The van der Waals surface area contributed by atoms with Gasteiger partial charge in [0.05, 0.1) is 17.9 Å². The zero-order valence-electron chi connectivity index (χ0n) is 20.5. The van der Waals surface area contributed by atoms with E-state index in [0.29, 0.717) is 11.5 Å². The lowest BCUT2D eigenvalue weighted by atomic mass is 10.1. The number of carbonyl (C=O) groups is 3. The lowest BCUT2D eigenvalue weighted by Gasteiger charge is -2.19. The number of hydrogen-bond acceptors (Lipinski definition) is 7. The second-order valence-corrected chi connectivity index (χ2v) is 8.60. The Kier molecular flexibility index (Phi) is 8.23. The highest BCUT2D eigenvalue weighted by Gasteiger charge is 2.31. The number of Topliss-reactive ketones (excluding diaryl/α,β-unsaturated/α-hetero) is 1. The fourth-order valence-electron chi connectivity index (χ4n) is 3.94. The maximum Gasteiger partial charge on any atom is 0.238 e. The number of nitrogens with one attached hydrogen (secondary N) is 2. The van der Waals surface area contributed by atoms with Crippen LogP contribution >= 0.6 is 0 Å². The van der Waals surface area contributed by atoms with E-state index in [9.17, 15) is 19.6 Å². The van der Waals surface area contributed by atoms with Crippen LogP contribution < -0.4 is 20.4 Å². The highest BCUT2D eigenvalue weighted by atomic mass is 16.2. The van der Waals surface area contributed by atoms with E-state index in [1.807, 2.05) is 74.4 Å². The number of carbonyl (C=O) groups excluding carboxylic acids is 3. The number of rotatable bonds is 9. The van der Waals surface area contributed by atoms with Gasteiger partial charge in [-0.2, -0.15) is 5.26 Å². The first-order chi connectivity index (χ1) is 16.7. The van der Waals surface area contributed by atoms with Crippen LogP contribution in [0.2, 0.25) is 0 Å². The summed E-state index contributed by atoms with van der Waals surface area (Å²) in [5, 5.41) is 15.3. The van der Waals surface area contributed by atoms with Gasteiger partial charge in [0, 0.05) is 39.2 Å². The van der Waals surface area contributed by atoms with Gasteiger partial charge in [0.15, 0.2) is 5.78 Å². The van der Waals surface area contributed by atoms with Crippen molar-refractivity contribution < 1.29 is 14.4 Å². The van der Waals surface area contributed by atoms with Crippen molar-refractivity contribution in [3.8, 4) is 6.07 Å². The third-order valence-electron chi connectivity index (χ3n) is 5.59. The first kappa shape index (κ1) is 25.5. The van der Waals surface area contributed by atoms with Gasteiger partial charge in [-0.1, -0.05) is 24.3 Å². The molecule has 0 unspecified atom stereocenters. The van der Waals surface area contributed by atoms with Crippen molar-refractivity contribution in [3.05, 3.63) is 65.5 Å². The number of anilines is 3. The molecule has 2 N–H and O–H groups in total. The Bertz CT molecular complexity index is 1170. The predicted molar refractivity (Wildman–Crippen MR) is 136 cm³/mol. The molecule has 2 aromatic rings.